The molecule has 1 fully saturated rings. The van der Waals surface area contributed by atoms with Crippen LogP contribution in [0, 0.1) is 5.92 Å². The number of benzene rings is 1. The summed E-state index contributed by atoms with van der Waals surface area (Å²) >= 11 is 3.42. The van der Waals surface area contributed by atoms with Crippen LogP contribution in [-0.4, -0.2) is 13.1 Å². The summed E-state index contributed by atoms with van der Waals surface area (Å²) in [7, 11) is 1.48. The van der Waals surface area contributed by atoms with Gasteiger partial charge in [-0.1, -0.05) is 40.9 Å². The van der Waals surface area contributed by atoms with Crippen LogP contribution in [0.2, 0.25) is 0 Å². The van der Waals surface area contributed by atoms with E-state index in [1.165, 1.54) is 20.0 Å². The normalized spacial score (nSPS) is 18.0. The summed E-state index contributed by atoms with van der Waals surface area (Å²) in [6.45, 7) is 0. The Balaban J connectivity index is 2.25. The first-order valence-corrected chi connectivity index (χ1v) is 6.85. The third kappa shape index (κ3) is 2.89. The number of hydrogen-bond acceptors (Lipinski definition) is 2. The highest BCUT2D eigenvalue weighted by Gasteiger charge is 2.32. The highest BCUT2D eigenvalue weighted by molar-refractivity contribution is 9.10. The molecule has 0 heterocycles. The van der Waals surface area contributed by atoms with Crippen LogP contribution in [0.4, 0.5) is 0 Å². The Morgan fingerprint density at radius 2 is 1.88 bits per heavy atom. The summed E-state index contributed by atoms with van der Waals surface area (Å²) in [4.78, 5) is 12.0. The van der Waals surface area contributed by atoms with Crippen molar-refractivity contribution >= 4 is 21.9 Å². The molecule has 1 atom stereocenters. The van der Waals surface area contributed by atoms with Crippen molar-refractivity contribution in [1.29, 1.82) is 0 Å². The maximum Gasteiger partial charge on any atom is 0.313 e. The molecule has 0 bridgehead atoms. The Bertz CT molecular complexity index is 380. The van der Waals surface area contributed by atoms with Gasteiger partial charge in [-0.3, -0.25) is 4.79 Å². The van der Waals surface area contributed by atoms with Crippen LogP contribution < -0.4 is 0 Å². The zero-order valence-corrected chi connectivity index (χ0v) is 11.6. The minimum Gasteiger partial charge on any atom is -0.469 e. The Labute approximate surface area is 110 Å². The maximum absolute atomic E-state index is 12.0. The average molecular weight is 297 g/mol. The van der Waals surface area contributed by atoms with Crippen molar-refractivity contribution in [2.24, 2.45) is 5.92 Å². The predicted molar refractivity (Wildman–Crippen MR) is 70.9 cm³/mol. The first-order chi connectivity index (χ1) is 8.22. The second kappa shape index (κ2) is 5.67. The van der Waals surface area contributed by atoms with E-state index in [1.807, 2.05) is 24.3 Å². The summed E-state index contributed by atoms with van der Waals surface area (Å²) < 4.78 is 6.00. The fraction of sp³-hybridized carbons (Fsp3) is 0.500. The minimum atomic E-state index is -0.0979. The van der Waals surface area contributed by atoms with Crippen molar-refractivity contribution in [2.45, 2.75) is 31.6 Å². The van der Waals surface area contributed by atoms with Crippen molar-refractivity contribution in [3.05, 3.63) is 34.3 Å². The SMILES string of the molecule is COC(=O)[C@H](c1ccc(Br)cc1)C1CCCC1. The number of methoxy groups -OCH3 is 1. The van der Waals surface area contributed by atoms with Crippen molar-refractivity contribution in [3.63, 3.8) is 0 Å². The lowest BCUT2D eigenvalue weighted by molar-refractivity contribution is -0.143. The van der Waals surface area contributed by atoms with E-state index in [0.29, 0.717) is 5.92 Å². The molecule has 0 aromatic heterocycles. The lowest BCUT2D eigenvalue weighted by Crippen LogP contribution is -2.21. The van der Waals surface area contributed by atoms with E-state index in [1.54, 1.807) is 0 Å². The molecule has 1 aromatic rings. The molecular formula is C14H17BrO2. The van der Waals surface area contributed by atoms with Crippen LogP contribution in [0.3, 0.4) is 0 Å². The van der Waals surface area contributed by atoms with Crippen LogP contribution in [0.1, 0.15) is 37.2 Å². The van der Waals surface area contributed by atoms with Crippen LogP contribution in [0.15, 0.2) is 28.7 Å². The van der Waals surface area contributed by atoms with Crippen molar-refractivity contribution in [2.75, 3.05) is 7.11 Å². The number of esters is 1. The van der Waals surface area contributed by atoms with Crippen LogP contribution in [-0.2, 0) is 9.53 Å². The van der Waals surface area contributed by atoms with Gasteiger partial charge in [-0.25, -0.2) is 0 Å². The molecular weight excluding hydrogens is 280 g/mol. The van der Waals surface area contributed by atoms with Gasteiger partial charge in [0.1, 0.15) is 0 Å². The summed E-state index contributed by atoms with van der Waals surface area (Å²) in [5.74, 6) is 0.262. The average Bonchev–Trinajstić information content (AvgIpc) is 2.85. The topological polar surface area (TPSA) is 26.3 Å². The van der Waals surface area contributed by atoms with Gasteiger partial charge in [0.2, 0.25) is 0 Å². The zero-order chi connectivity index (χ0) is 12.3. The monoisotopic (exact) mass is 296 g/mol. The van der Waals surface area contributed by atoms with E-state index < -0.39 is 0 Å². The van der Waals surface area contributed by atoms with Gasteiger partial charge in [-0.2, -0.15) is 0 Å². The van der Waals surface area contributed by atoms with E-state index in [4.69, 9.17) is 4.74 Å². The smallest absolute Gasteiger partial charge is 0.313 e. The van der Waals surface area contributed by atoms with Gasteiger partial charge in [0.25, 0.3) is 0 Å². The van der Waals surface area contributed by atoms with Gasteiger partial charge in [-0.05, 0) is 36.5 Å². The molecule has 92 valence electrons. The highest BCUT2D eigenvalue weighted by atomic mass is 79.9. The van der Waals surface area contributed by atoms with Gasteiger partial charge in [0.05, 0.1) is 13.0 Å². The van der Waals surface area contributed by atoms with Gasteiger partial charge in [-0.15, -0.1) is 0 Å². The van der Waals surface area contributed by atoms with Crippen LogP contribution in [0.25, 0.3) is 0 Å². The summed E-state index contributed by atoms with van der Waals surface area (Å²) in [5, 5.41) is 0. The number of hydrogen-bond donors (Lipinski definition) is 0. The van der Waals surface area contributed by atoms with E-state index in [2.05, 4.69) is 15.9 Å². The lowest BCUT2D eigenvalue weighted by Gasteiger charge is -2.21. The van der Waals surface area contributed by atoms with Gasteiger partial charge in [0, 0.05) is 4.47 Å². The van der Waals surface area contributed by atoms with Crippen LogP contribution >= 0.6 is 15.9 Å². The molecule has 0 amide bonds. The molecule has 0 radical (unpaired) electrons. The van der Waals surface area contributed by atoms with Gasteiger partial charge < -0.3 is 4.74 Å². The standard InChI is InChI=1S/C14H17BrO2/c1-17-14(16)13(10-4-2-3-5-10)11-6-8-12(15)9-7-11/h6-10,13H,2-5H2,1H3/t13-/m0/s1. The molecule has 0 N–H and O–H groups in total. The maximum atomic E-state index is 12.0. The van der Waals surface area contributed by atoms with E-state index in [0.717, 1.165) is 22.9 Å². The second-order valence-electron chi connectivity index (χ2n) is 4.60. The molecule has 1 saturated carbocycles. The van der Waals surface area contributed by atoms with Gasteiger partial charge in [0.15, 0.2) is 0 Å². The Morgan fingerprint density at radius 1 is 1.29 bits per heavy atom. The molecule has 1 aliphatic carbocycles. The molecule has 3 heteroatoms. The highest BCUT2D eigenvalue weighted by Crippen LogP contribution is 2.38. The van der Waals surface area contributed by atoms with E-state index in [9.17, 15) is 4.79 Å². The fourth-order valence-corrected chi connectivity index (χ4v) is 2.95. The minimum absolute atomic E-state index is 0.0874. The van der Waals surface area contributed by atoms with Gasteiger partial charge >= 0.3 is 5.97 Å². The van der Waals surface area contributed by atoms with Crippen molar-refractivity contribution < 1.29 is 9.53 Å². The summed E-state index contributed by atoms with van der Waals surface area (Å²) in [6.07, 6.45) is 4.73. The second-order valence-corrected chi connectivity index (χ2v) is 5.51. The molecule has 0 unspecified atom stereocenters. The molecule has 0 saturated heterocycles. The fourth-order valence-electron chi connectivity index (χ4n) is 2.69. The number of ether oxygens (including phenoxy) is 1. The molecule has 0 spiro atoms. The number of halogens is 1. The van der Waals surface area contributed by atoms with E-state index in [-0.39, 0.29) is 11.9 Å². The van der Waals surface area contributed by atoms with Crippen LogP contribution in [0.5, 0.6) is 0 Å². The largest absolute Gasteiger partial charge is 0.469 e. The lowest BCUT2D eigenvalue weighted by atomic mass is 9.85. The summed E-state index contributed by atoms with van der Waals surface area (Å²) in [6, 6.07) is 8.01. The molecule has 17 heavy (non-hydrogen) atoms. The molecule has 1 aromatic carbocycles. The molecule has 2 rings (SSSR count). The molecule has 1 aliphatic rings. The Morgan fingerprint density at radius 3 is 2.41 bits per heavy atom. The van der Waals surface area contributed by atoms with Crippen molar-refractivity contribution in [3.8, 4) is 0 Å². The third-order valence-corrected chi connectivity index (χ3v) is 4.08. The molecule has 2 nitrogen and oxygen atoms in total. The van der Waals surface area contributed by atoms with E-state index >= 15 is 0 Å². The predicted octanol–water partition coefficient (Wildman–Crippen LogP) is 3.90. The quantitative estimate of drug-likeness (QED) is 0.791. The Hall–Kier alpha value is -0.830. The van der Waals surface area contributed by atoms with Crippen molar-refractivity contribution in [1.82, 2.24) is 0 Å². The summed E-state index contributed by atoms with van der Waals surface area (Å²) in [5.41, 5.74) is 1.08. The Kier molecular flexibility index (Phi) is 4.21. The number of carbonyl (C=O) groups is 1. The molecule has 0 aliphatic heterocycles. The zero-order valence-electron chi connectivity index (χ0n) is 9.99. The first kappa shape index (κ1) is 12.6. The third-order valence-electron chi connectivity index (χ3n) is 3.56. The number of carbonyl (C=O) groups excluding carboxylic acids is 1. The number of rotatable bonds is 3. The first-order valence-electron chi connectivity index (χ1n) is 6.05.